The van der Waals surface area contributed by atoms with Crippen LogP contribution in [0.25, 0.3) is 0 Å². The van der Waals surface area contributed by atoms with E-state index >= 15 is 0 Å². The second-order valence-corrected chi connectivity index (χ2v) is 7.41. The Morgan fingerprint density at radius 1 is 1.23 bits per heavy atom. The highest BCUT2D eigenvalue weighted by molar-refractivity contribution is 7.99. The quantitative estimate of drug-likeness (QED) is 0.858. The van der Waals surface area contributed by atoms with E-state index < -0.39 is 0 Å². The van der Waals surface area contributed by atoms with Gasteiger partial charge in [-0.2, -0.15) is 0 Å². The van der Waals surface area contributed by atoms with Crippen molar-refractivity contribution >= 4 is 11.8 Å². The number of aromatic nitrogens is 4. The fourth-order valence-electron chi connectivity index (χ4n) is 2.30. The number of imidazole rings is 1. The Kier molecular flexibility index (Phi) is 5.11. The summed E-state index contributed by atoms with van der Waals surface area (Å²) in [6, 6.07) is 1.51. The van der Waals surface area contributed by atoms with E-state index in [2.05, 4.69) is 40.3 Å². The van der Waals surface area contributed by atoms with Crippen LogP contribution in [0.3, 0.4) is 0 Å². The molecule has 0 aromatic carbocycles. The molecule has 2 aromatic heterocycles. The summed E-state index contributed by atoms with van der Waals surface area (Å²) in [6.07, 6.45) is 0. The fraction of sp³-hybridized carbons (Fsp3) is 0.562. The van der Waals surface area contributed by atoms with Gasteiger partial charge in [0.25, 0.3) is 5.56 Å². The van der Waals surface area contributed by atoms with Crippen LogP contribution in [0, 0.1) is 26.7 Å². The first-order chi connectivity index (χ1) is 10.3. The number of aryl methyl sites for hydroxylation is 2. The number of hydrogen-bond donors (Lipinski definition) is 1. The summed E-state index contributed by atoms with van der Waals surface area (Å²) >= 11 is 1.64. The molecule has 0 aliphatic carbocycles. The highest BCUT2D eigenvalue weighted by Gasteiger charge is 2.18. The molecule has 2 rings (SSSR count). The summed E-state index contributed by atoms with van der Waals surface area (Å²) in [5, 5.41) is 1.03. The van der Waals surface area contributed by atoms with Crippen LogP contribution in [-0.2, 0) is 6.54 Å². The lowest BCUT2D eigenvalue weighted by atomic mass is 10.2. The van der Waals surface area contributed by atoms with E-state index in [1.807, 2.05) is 20.8 Å². The summed E-state index contributed by atoms with van der Waals surface area (Å²) < 4.78 is 2.26. The predicted octanol–water partition coefficient (Wildman–Crippen LogP) is 3.40. The van der Waals surface area contributed by atoms with Crippen molar-refractivity contribution < 1.29 is 0 Å². The van der Waals surface area contributed by atoms with Gasteiger partial charge in [0.15, 0.2) is 5.16 Å². The van der Waals surface area contributed by atoms with Gasteiger partial charge in [0, 0.05) is 24.0 Å². The molecular weight excluding hydrogens is 296 g/mol. The Labute approximate surface area is 135 Å². The van der Waals surface area contributed by atoms with Crippen molar-refractivity contribution in [2.24, 2.45) is 5.92 Å². The van der Waals surface area contributed by atoms with Crippen LogP contribution in [-0.4, -0.2) is 19.5 Å². The molecule has 0 fully saturated rings. The summed E-state index contributed by atoms with van der Waals surface area (Å²) in [4.78, 5) is 23.6. The van der Waals surface area contributed by atoms with Crippen LogP contribution in [0.1, 0.15) is 48.9 Å². The lowest BCUT2D eigenvalue weighted by molar-refractivity contribution is 0.486. The van der Waals surface area contributed by atoms with Crippen LogP contribution in [0.5, 0.6) is 0 Å². The van der Waals surface area contributed by atoms with Crippen molar-refractivity contribution in [3.8, 4) is 0 Å². The van der Waals surface area contributed by atoms with Crippen molar-refractivity contribution in [1.29, 1.82) is 0 Å². The predicted molar refractivity (Wildman–Crippen MR) is 90.4 cm³/mol. The molecule has 2 heterocycles. The molecule has 1 N–H and O–H groups in total. The Bertz CT molecular complexity index is 717. The molecule has 0 aliphatic heterocycles. The van der Waals surface area contributed by atoms with E-state index in [0.29, 0.717) is 11.7 Å². The molecule has 1 atom stereocenters. The molecule has 2 aromatic rings. The summed E-state index contributed by atoms with van der Waals surface area (Å²) in [5.41, 5.74) is 2.90. The Balaban J connectivity index is 2.30. The maximum absolute atomic E-state index is 11.6. The van der Waals surface area contributed by atoms with Crippen molar-refractivity contribution in [1.82, 2.24) is 19.5 Å². The van der Waals surface area contributed by atoms with E-state index in [9.17, 15) is 4.79 Å². The molecule has 0 aliphatic rings. The Morgan fingerprint density at radius 2 is 1.91 bits per heavy atom. The van der Waals surface area contributed by atoms with Gasteiger partial charge >= 0.3 is 0 Å². The molecule has 5 nitrogen and oxygen atoms in total. The average Bonchev–Trinajstić information content (AvgIpc) is 2.65. The molecular formula is C16H24N4OS. The third kappa shape index (κ3) is 3.80. The van der Waals surface area contributed by atoms with E-state index in [1.54, 1.807) is 11.8 Å². The lowest BCUT2D eigenvalue weighted by Crippen LogP contribution is -2.13. The average molecular weight is 320 g/mol. The number of thioether (sulfide) groups is 1. The molecule has 0 saturated heterocycles. The SMILES string of the molecule is Cc1cc(=O)[nH]c([C@H](C)Sc2nc(C)c(C)n2CC(C)C)n1. The van der Waals surface area contributed by atoms with Gasteiger partial charge in [-0.1, -0.05) is 25.6 Å². The molecule has 0 amide bonds. The Morgan fingerprint density at radius 3 is 2.50 bits per heavy atom. The van der Waals surface area contributed by atoms with Crippen LogP contribution in [0.4, 0.5) is 0 Å². The highest BCUT2D eigenvalue weighted by atomic mass is 32.2. The number of H-pyrrole nitrogens is 1. The number of nitrogens with one attached hydrogen (secondary N) is 1. The van der Waals surface area contributed by atoms with Crippen LogP contribution in [0.2, 0.25) is 0 Å². The maximum Gasteiger partial charge on any atom is 0.251 e. The van der Waals surface area contributed by atoms with Crippen LogP contribution < -0.4 is 5.56 Å². The van der Waals surface area contributed by atoms with Gasteiger partial charge in [0.1, 0.15) is 5.82 Å². The van der Waals surface area contributed by atoms with Crippen molar-refractivity contribution in [3.63, 3.8) is 0 Å². The molecule has 0 unspecified atom stereocenters. The molecule has 0 spiro atoms. The maximum atomic E-state index is 11.6. The minimum atomic E-state index is -0.104. The minimum Gasteiger partial charge on any atom is -0.323 e. The van der Waals surface area contributed by atoms with Crippen LogP contribution >= 0.6 is 11.8 Å². The smallest absolute Gasteiger partial charge is 0.251 e. The van der Waals surface area contributed by atoms with Crippen molar-refractivity contribution in [2.75, 3.05) is 0 Å². The van der Waals surface area contributed by atoms with Crippen molar-refractivity contribution in [2.45, 2.75) is 58.5 Å². The first kappa shape index (κ1) is 16.8. The van der Waals surface area contributed by atoms with Gasteiger partial charge in [-0.25, -0.2) is 9.97 Å². The standard InChI is InChI=1S/C16H24N4OS/c1-9(2)8-20-12(5)11(4)18-16(20)22-13(6)15-17-10(3)7-14(21)19-15/h7,9,13H,8H2,1-6H3,(H,17,19,21)/t13-/m0/s1. The number of aromatic amines is 1. The topological polar surface area (TPSA) is 63.6 Å². The molecule has 0 bridgehead atoms. The number of nitrogens with zero attached hydrogens (tertiary/aromatic N) is 3. The molecule has 22 heavy (non-hydrogen) atoms. The fourth-order valence-corrected chi connectivity index (χ4v) is 3.37. The van der Waals surface area contributed by atoms with Crippen molar-refractivity contribution in [3.05, 3.63) is 39.3 Å². The minimum absolute atomic E-state index is 0.0414. The molecule has 6 heteroatoms. The number of hydrogen-bond acceptors (Lipinski definition) is 4. The zero-order chi connectivity index (χ0) is 16.4. The van der Waals surface area contributed by atoms with E-state index in [-0.39, 0.29) is 10.8 Å². The number of rotatable bonds is 5. The van der Waals surface area contributed by atoms with E-state index in [1.165, 1.54) is 11.8 Å². The Hall–Kier alpha value is -1.56. The first-order valence-corrected chi connectivity index (χ1v) is 8.44. The van der Waals surface area contributed by atoms with E-state index in [0.717, 1.165) is 23.1 Å². The zero-order valence-electron chi connectivity index (χ0n) is 14.1. The second kappa shape index (κ2) is 6.69. The first-order valence-electron chi connectivity index (χ1n) is 7.56. The summed E-state index contributed by atoms with van der Waals surface area (Å²) in [7, 11) is 0. The third-order valence-corrected chi connectivity index (χ3v) is 4.63. The molecule has 0 radical (unpaired) electrons. The summed E-state index contributed by atoms with van der Waals surface area (Å²) in [5.74, 6) is 1.25. The highest BCUT2D eigenvalue weighted by Crippen LogP contribution is 2.33. The van der Waals surface area contributed by atoms with Gasteiger partial charge in [-0.05, 0) is 33.6 Å². The normalized spacial score (nSPS) is 12.9. The zero-order valence-corrected chi connectivity index (χ0v) is 14.9. The largest absolute Gasteiger partial charge is 0.323 e. The second-order valence-electron chi connectivity index (χ2n) is 6.10. The van der Waals surface area contributed by atoms with Crippen LogP contribution in [0.15, 0.2) is 16.0 Å². The van der Waals surface area contributed by atoms with Gasteiger partial charge < -0.3 is 9.55 Å². The monoisotopic (exact) mass is 320 g/mol. The summed E-state index contributed by atoms with van der Waals surface area (Å²) in [6.45, 7) is 13.4. The van der Waals surface area contributed by atoms with E-state index in [4.69, 9.17) is 0 Å². The van der Waals surface area contributed by atoms with Gasteiger partial charge in [0.05, 0.1) is 10.9 Å². The molecule has 0 saturated carbocycles. The van der Waals surface area contributed by atoms with Gasteiger partial charge in [-0.3, -0.25) is 4.79 Å². The molecule has 120 valence electrons. The third-order valence-electron chi connectivity index (χ3n) is 3.53. The van der Waals surface area contributed by atoms with Gasteiger partial charge in [0.2, 0.25) is 0 Å². The lowest BCUT2D eigenvalue weighted by Gasteiger charge is -2.15. The van der Waals surface area contributed by atoms with Gasteiger partial charge in [-0.15, -0.1) is 0 Å².